The van der Waals surface area contributed by atoms with Crippen LogP contribution in [0.25, 0.3) is 0 Å². The van der Waals surface area contributed by atoms with Crippen LogP contribution in [0.2, 0.25) is 0 Å². The summed E-state index contributed by atoms with van der Waals surface area (Å²) in [5, 5.41) is 0. The van der Waals surface area contributed by atoms with Crippen molar-refractivity contribution >= 4 is 11.4 Å². The molecular formula is C6H6N2Zn2-2. The van der Waals surface area contributed by atoms with Gasteiger partial charge >= 0.3 is 0 Å². The second kappa shape index (κ2) is 5.82. The van der Waals surface area contributed by atoms with E-state index in [4.69, 9.17) is 11.5 Å². The van der Waals surface area contributed by atoms with Crippen LogP contribution in [0.3, 0.4) is 0 Å². The van der Waals surface area contributed by atoms with Gasteiger partial charge < -0.3 is 29.7 Å². The van der Waals surface area contributed by atoms with Gasteiger partial charge in [0.2, 0.25) is 0 Å². The Labute approximate surface area is 85.9 Å². The summed E-state index contributed by atoms with van der Waals surface area (Å²) in [4.78, 5) is 0. The minimum Gasteiger partial charge on any atom is -0.442 e. The van der Waals surface area contributed by atoms with Crippen LogP contribution in [0, 0.1) is 12.1 Å². The molecule has 0 aliphatic heterocycles. The predicted molar refractivity (Wildman–Crippen MR) is 32.9 cm³/mol. The summed E-state index contributed by atoms with van der Waals surface area (Å²) >= 11 is 0. The molecule has 46 valence electrons. The first kappa shape index (κ1) is 12.7. The van der Waals surface area contributed by atoms with Crippen LogP contribution in [0.1, 0.15) is 0 Å². The van der Waals surface area contributed by atoms with Gasteiger partial charge in [0, 0.05) is 39.0 Å². The van der Waals surface area contributed by atoms with Crippen LogP contribution in [-0.2, 0) is 39.0 Å². The van der Waals surface area contributed by atoms with E-state index in [0.29, 0.717) is 11.4 Å². The molecule has 1 aromatic carbocycles. The molecule has 0 atom stereocenters. The van der Waals surface area contributed by atoms with Crippen molar-refractivity contribution in [3.63, 3.8) is 0 Å². The van der Waals surface area contributed by atoms with Crippen molar-refractivity contribution in [2.75, 3.05) is 11.5 Å². The Morgan fingerprint density at radius 1 is 1.00 bits per heavy atom. The molecule has 4 heteroatoms. The Hall–Kier alpha value is 0.0668. The van der Waals surface area contributed by atoms with E-state index in [-0.39, 0.29) is 39.0 Å². The maximum absolute atomic E-state index is 5.30. The van der Waals surface area contributed by atoms with E-state index in [2.05, 4.69) is 12.1 Å². The van der Waals surface area contributed by atoms with Crippen molar-refractivity contribution in [3.05, 3.63) is 24.3 Å². The quantitative estimate of drug-likeness (QED) is 0.391. The van der Waals surface area contributed by atoms with E-state index in [1.807, 2.05) is 0 Å². The van der Waals surface area contributed by atoms with Gasteiger partial charge in [-0.1, -0.05) is 0 Å². The van der Waals surface area contributed by atoms with Gasteiger partial charge in [-0.25, -0.2) is 17.4 Å². The number of nitrogens with two attached hydrogens (primary N) is 2. The van der Waals surface area contributed by atoms with Gasteiger partial charge in [0.05, 0.1) is 0 Å². The zero-order valence-corrected chi connectivity index (χ0v) is 11.7. The summed E-state index contributed by atoms with van der Waals surface area (Å²) in [6.45, 7) is 0. The van der Waals surface area contributed by atoms with E-state index in [1.54, 1.807) is 12.1 Å². The summed E-state index contributed by atoms with van der Waals surface area (Å²) < 4.78 is 0. The van der Waals surface area contributed by atoms with Crippen molar-refractivity contribution in [1.29, 1.82) is 0 Å². The molecule has 1 aromatic rings. The molecule has 0 aliphatic carbocycles. The van der Waals surface area contributed by atoms with Crippen molar-refractivity contribution in [1.82, 2.24) is 0 Å². The number of hydrogen-bond donors (Lipinski definition) is 2. The third kappa shape index (κ3) is 3.98. The number of benzene rings is 1. The monoisotopic (exact) mass is 234 g/mol. The first-order valence-corrected chi connectivity index (χ1v) is 2.23. The fourth-order valence-corrected chi connectivity index (χ4v) is 0.454. The van der Waals surface area contributed by atoms with Crippen LogP contribution < -0.4 is 11.5 Å². The fraction of sp³-hybridized carbons (Fsp3) is 0. The SMILES string of the molecule is Nc1[c-]c[c-]c(N)c1.[Zn].[Zn]. The molecule has 0 bridgehead atoms. The Kier molecular flexibility index (Phi) is 7.40. The van der Waals surface area contributed by atoms with Gasteiger partial charge in [-0.15, -0.1) is 0 Å². The van der Waals surface area contributed by atoms with Gasteiger partial charge in [0.25, 0.3) is 0 Å². The van der Waals surface area contributed by atoms with Gasteiger partial charge in [-0.3, -0.25) is 0 Å². The molecular weight excluding hydrogens is 231 g/mol. The van der Waals surface area contributed by atoms with E-state index in [0.717, 1.165) is 0 Å². The Balaban J connectivity index is 0. The minimum absolute atomic E-state index is 0. The molecule has 1 rings (SSSR count). The molecule has 4 N–H and O–H groups in total. The summed E-state index contributed by atoms with van der Waals surface area (Å²) in [6, 6.07) is 8.61. The average molecular weight is 237 g/mol. The largest absolute Gasteiger partial charge is 0.442 e. The average Bonchev–Trinajstić information content (AvgIpc) is 1.64. The van der Waals surface area contributed by atoms with Crippen LogP contribution in [-0.4, -0.2) is 0 Å². The van der Waals surface area contributed by atoms with E-state index >= 15 is 0 Å². The van der Waals surface area contributed by atoms with Crippen molar-refractivity contribution in [2.45, 2.75) is 0 Å². The van der Waals surface area contributed by atoms with Crippen LogP contribution in [0.5, 0.6) is 0 Å². The smallest absolute Gasteiger partial charge is 0 e. The number of anilines is 2. The topological polar surface area (TPSA) is 52.0 Å². The minimum atomic E-state index is 0. The summed E-state index contributed by atoms with van der Waals surface area (Å²) in [5.74, 6) is 0. The summed E-state index contributed by atoms with van der Waals surface area (Å²) in [5.41, 5.74) is 11.7. The van der Waals surface area contributed by atoms with Gasteiger partial charge in [0.1, 0.15) is 0 Å². The molecule has 0 radical (unpaired) electrons. The summed E-state index contributed by atoms with van der Waals surface area (Å²) in [6.07, 6.45) is 0. The molecule has 0 saturated carbocycles. The Morgan fingerprint density at radius 3 is 1.60 bits per heavy atom. The first-order valence-electron chi connectivity index (χ1n) is 2.23. The number of nitrogen functional groups attached to an aromatic ring is 2. The first-order chi connectivity index (χ1) is 3.79. The molecule has 10 heavy (non-hydrogen) atoms. The Bertz CT molecular complexity index is 174. The van der Waals surface area contributed by atoms with Crippen molar-refractivity contribution < 1.29 is 39.0 Å². The molecule has 0 spiro atoms. The van der Waals surface area contributed by atoms with Crippen LogP contribution in [0.15, 0.2) is 12.1 Å². The van der Waals surface area contributed by atoms with Crippen LogP contribution >= 0.6 is 0 Å². The predicted octanol–water partition coefficient (Wildman–Crippen LogP) is 0.446. The molecule has 0 unspecified atom stereocenters. The molecule has 0 heterocycles. The second-order valence-electron chi connectivity index (χ2n) is 1.49. The van der Waals surface area contributed by atoms with Gasteiger partial charge in [-0.05, 0) is 0 Å². The standard InChI is InChI=1S/C6H6N2.2Zn/c7-5-2-1-3-6(8)4-5;;/h1,4H,7-8H2;;/q-2;;. The molecule has 2 nitrogen and oxygen atoms in total. The molecule has 0 fully saturated rings. The van der Waals surface area contributed by atoms with Crippen LogP contribution in [0.4, 0.5) is 11.4 Å². The maximum atomic E-state index is 5.30. The fourth-order valence-electron chi connectivity index (χ4n) is 0.454. The van der Waals surface area contributed by atoms with E-state index < -0.39 is 0 Å². The number of rotatable bonds is 0. The van der Waals surface area contributed by atoms with Gasteiger partial charge in [0.15, 0.2) is 0 Å². The molecule has 0 aromatic heterocycles. The molecule has 0 saturated heterocycles. The zero-order valence-electron chi connectivity index (χ0n) is 5.72. The zero-order chi connectivity index (χ0) is 5.98. The normalized spacial score (nSPS) is 7.20. The number of hydrogen-bond acceptors (Lipinski definition) is 2. The molecule has 0 amide bonds. The summed E-state index contributed by atoms with van der Waals surface area (Å²) in [7, 11) is 0. The third-order valence-corrected chi connectivity index (χ3v) is 0.789. The van der Waals surface area contributed by atoms with E-state index in [1.165, 1.54) is 0 Å². The van der Waals surface area contributed by atoms with Gasteiger partial charge in [-0.2, -0.15) is 0 Å². The van der Waals surface area contributed by atoms with Crippen molar-refractivity contribution in [3.8, 4) is 0 Å². The van der Waals surface area contributed by atoms with E-state index in [9.17, 15) is 0 Å². The second-order valence-corrected chi connectivity index (χ2v) is 1.49. The maximum Gasteiger partial charge on any atom is 0 e. The van der Waals surface area contributed by atoms with Crippen molar-refractivity contribution in [2.24, 2.45) is 0 Å². The Morgan fingerprint density at radius 2 is 1.40 bits per heavy atom. The molecule has 0 aliphatic rings. The third-order valence-electron chi connectivity index (χ3n) is 0.789.